The first-order valence-corrected chi connectivity index (χ1v) is 12.6. The van der Waals surface area contributed by atoms with Crippen molar-refractivity contribution in [3.63, 3.8) is 0 Å². The minimum absolute atomic E-state index is 0.00436. The Balaban J connectivity index is 1.50. The van der Waals surface area contributed by atoms with Gasteiger partial charge in [-0.15, -0.1) is 0 Å². The average molecular weight is 501 g/mol. The number of aryl methyl sites for hydroxylation is 2. The maximum atomic E-state index is 12.7. The SMILES string of the molecule is Cc1cc(-c2[nH]c3ccc(C4CCN(CC(=O)N[C@H](C)C(F)(F)F)CC4)cc3c2C(C)C)cc(C)n1. The number of nitrogens with one attached hydrogen (secondary N) is 2. The van der Waals surface area contributed by atoms with Gasteiger partial charge in [0.2, 0.25) is 5.91 Å². The van der Waals surface area contributed by atoms with E-state index in [4.69, 9.17) is 0 Å². The maximum absolute atomic E-state index is 12.7. The Bertz CT molecular complexity index is 1220. The van der Waals surface area contributed by atoms with E-state index < -0.39 is 18.1 Å². The third-order valence-electron chi connectivity index (χ3n) is 7.10. The van der Waals surface area contributed by atoms with E-state index >= 15 is 0 Å². The molecule has 2 aromatic heterocycles. The number of aromatic amines is 1. The molecular formula is C28H35F3N4O. The van der Waals surface area contributed by atoms with Gasteiger partial charge in [0.25, 0.3) is 0 Å². The lowest BCUT2D eigenvalue weighted by molar-refractivity contribution is -0.158. The van der Waals surface area contributed by atoms with Crippen LogP contribution >= 0.6 is 0 Å². The zero-order valence-corrected chi connectivity index (χ0v) is 21.6. The predicted octanol–water partition coefficient (Wildman–Crippen LogP) is 6.22. The van der Waals surface area contributed by atoms with Gasteiger partial charge in [-0.3, -0.25) is 14.7 Å². The van der Waals surface area contributed by atoms with Gasteiger partial charge < -0.3 is 10.3 Å². The van der Waals surface area contributed by atoms with Crippen molar-refractivity contribution in [2.45, 2.75) is 71.5 Å². The van der Waals surface area contributed by atoms with Crippen LogP contribution < -0.4 is 5.32 Å². The normalized spacial score (nSPS) is 16.6. The van der Waals surface area contributed by atoms with E-state index in [1.807, 2.05) is 18.7 Å². The standard InChI is InChI=1S/C28H35F3N4O/c1-16(2)26-23-14-21(6-7-24(23)34-27(26)22-12-17(3)32-18(4)13-22)20-8-10-35(11-9-20)15-25(36)33-19(5)28(29,30)31/h6-7,12-14,16,19-20,34H,8-11,15H2,1-5H3,(H,33,36)/t19-/m1/s1. The van der Waals surface area contributed by atoms with Crippen LogP contribution in [0.1, 0.15) is 68.0 Å². The molecule has 0 radical (unpaired) electrons. The molecule has 1 amide bonds. The van der Waals surface area contributed by atoms with Gasteiger partial charge in [-0.05, 0) is 93.9 Å². The minimum atomic E-state index is -4.43. The second-order valence-corrected chi connectivity index (χ2v) is 10.4. The van der Waals surface area contributed by atoms with Crippen molar-refractivity contribution in [1.29, 1.82) is 0 Å². The summed E-state index contributed by atoms with van der Waals surface area (Å²) in [4.78, 5) is 22.2. The van der Waals surface area contributed by atoms with Crippen molar-refractivity contribution >= 4 is 16.8 Å². The molecule has 1 saturated heterocycles. The first kappa shape index (κ1) is 26.2. The first-order chi connectivity index (χ1) is 16.9. The molecule has 3 heterocycles. The van der Waals surface area contributed by atoms with Crippen molar-refractivity contribution in [3.05, 3.63) is 52.8 Å². The molecular weight excluding hydrogens is 465 g/mol. The van der Waals surface area contributed by atoms with Crippen LogP contribution in [0.3, 0.4) is 0 Å². The summed E-state index contributed by atoms with van der Waals surface area (Å²) < 4.78 is 38.1. The minimum Gasteiger partial charge on any atom is -0.354 e. The summed E-state index contributed by atoms with van der Waals surface area (Å²) in [5.41, 5.74) is 7.95. The Kier molecular flexibility index (Phi) is 7.46. The van der Waals surface area contributed by atoms with Crippen LogP contribution in [0.2, 0.25) is 0 Å². The number of alkyl halides is 3. The van der Waals surface area contributed by atoms with Crippen LogP contribution in [0.5, 0.6) is 0 Å². The summed E-state index contributed by atoms with van der Waals surface area (Å²) in [6.45, 7) is 10.8. The number of halogens is 3. The molecule has 0 bridgehead atoms. The summed E-state index contributed by atoms with van der Waals surface area (Å²) >= 11 is 0. The maximum Gasteiger partial charge on any atom is 0.408 e. The number of piperidine rings is 1. The Morgan fingerprint density at radius 2 is 1.75 bits per heavy atom. The molecule has 0 unspecified atom stereocenters. The molecule has 1 atom stereocenters. The molecule has 1 aliphatic rings. The molecule has 0 saturated carbocycles. The Labute approximate surface area is 210 Å². The topological polar surface area (TPSA) is 61.0 Å². The van der Waals surface area contributed by atoms with Gasteiger partial charge in [0, 0.05) is 27.9 Å². The van der Waals surface area contributed by atoms with E-state index in [1.165, 1.54) is 16.5 Å². The molecule has 2 N–H and O–H groups in total. The summed E-state index contributed by atoms with van der Waals surface area (Å²) in [7, 11) is 0. The molecule has 8 heteroatoms. The van der Waals surface area contributed by atoms with Crippen LogP contribution in [0.15, 0.2) is 30.3 Å². The molecule has 36 heavy (non-hydrogen) atoms. The van der Waals surface area contributed by atoms with Gasteiger partial charge in [-0.25, -0.2) is 0 Å². The van der Waals surface area contributed by atoms with Gasteiger partial charge in [0.05, 0.1) is 12.2 Å². The summed E-state index contributed by atoms with van der Waals surface area (Å²) in [5.74, 6) is 0.103. The lowest BCUT2D eigenvalue weighted by Crippen LogP contribution is -2.48. The zero-order valence-electron chi connectivity index (χ0n) is 21.6. The van der Waals surface area contributed by atoms with Gasteiger partial charge in [0.1, 0.15) is 6.04 Å². The summed E-state index contributed by atoms with van der Waals surface area (Å²) in [6.07, 6.45) is -2.70. The lowest BCUT2D eigenvalue weighted by Gasteiger charge is -2.32. The van der Waals surface area contributed by atoms with Crippen LogP contribution in [-0.2, 0) is 4.79 Å². The number of hydrogen-bond acceptors (Lipinski definition) is 3. The van der Waals surface area contributed by atoms with E-state index in [2.05, 4.69) is 59.5 Å². The molecule has 194 valence electrons. The number of benzene rings is 1. The number of carbonyl (C=O) groups is 1. The van der Waals surface area contributed by atoms with Crippen molar-refractivity contribution in [1.82, 2.24) is 20.2 Å². The van der Waals surface area contributed by atoms with Crippen molar-refractivity contribution in [2.24, 2.45) is 0 Å². The second kappa shape index (κ2) is 10.2. The number of H-pyrrole nitrogens is 1. The van der Waals surface area contributed by atoms with E-state index in [0.29, 0.717) is 24.9 Å². The van der Waals surface area contributed by atoms with Gasteiger partial charge in [0.15, 0.2) is 0 Å². The molecule has 5 nitrogen and oxygen atoms in total. The van der Waals surface area contributed by atoms with Crippen LogP contribution in [0, 0.1) is 13.8 Å². The zero-order chi connectivity index (χ0) is 26.2. The molecule has 1 fully saturated rings. The number of pyridine rings is 1. The van der Waals surface area contributed by atoms with E-state index in [9.17, 15) is 18.0 Å². The number of rotatable bonds is 6. The van der Waals surface area contributed by atoms with Crippen LogP contribution in [0.25, 0.3) is 22.2 Å². The number of amides is 1. The van der Waals surface area contributed by atoms with Gasteiger partial charge in [-0.2, -0.15) is 13.2 Å². The highest BCUT2D eigenvalue weighted by atomic mass is 19.4. The number of likely N-dealkylation sites (tertiary alicyclic amines) is 1. The van der Waals surface area contributed by atoms with Crippen LogP contribution in [0.4, 0.5) is 13.2 Å². The smallest absolute Gasteiger partial charge is 0.354 e. The van der Waals surface area contributed by atoms with E-state index in [0.717, 1.165) is 47.9 Å². The monoisotopic (exact) mass is 500 g/mol. The number of hydrogen-bond donors (Lipinski definition) is 2. The fourth-order valence-corrected chi connectivity index (χ4v) is 5.29. The summed E-state index contributed by atoms with van der Waals surface area (Å²) in [5, 5.41) is 3.29. The third-order valence-corrected chi connectivity index (χ3v) is 7.10. The Hall–Kier alpha value is -2.87. The highest BCUT2D eigenvalue weighted by Gasteiger charge is 2.37. The Morgan fingerprint density at radius 1 is 1.11 bits per heavy atom. The largest absolute Gasteiger partial charge is 0.408 e. The Morgan fingerprint density at radius 3 is 2.33 bits per heavy atom. The predicted molar refractivity (Wildman–Crippen MR) is 137 cm³/mol. The van der Waals surface area contributed by atoms with E-state index in [1.54, 1.807) is 0 Å². The molecule has 1 aliphatic heterocycles. The molecule has 3 aromatic rings. The highest BCUT2D eigenvalue weighted by Crippen LogP contribution is 2.38. The first-order valence-electron chi connectivity index (χ1n) is 12.6. The average Bonchev–Trinajstić information content (AvgIpc) is 3.17. The van der Waals surface area contributed by atoms with E-state index in [-0.39, 0.29) is 6.54 Å². The number of carbonyl (C=O) groups excluding carboxylic acids is 1. The van der Waals surface area contributed by atoms with Crippen LogP contribution in [-0.4, -0.2) is 52.6 Å². The highest BCUT2D eigenvalue weighted by molar-refractivity contribution is 5.92. The molecule has 0 aliphatic carbocycles. The summed E-state index contributed by atoms with van der Waals surface area (Å²) in [6, 6.07) is 9.02. The molecule has 4 rings (SSSR count). The fraction of sp³-hybridized carbons (Fsp3) is 0.500. The third kappa shape index (κ3) is 5.75. The number of aromatic nitrogens is 2. The number of fused-ring (bicyclic) bond motifs is 1. The quantitative estimate of drug-likeness (QED) is 0.423. The molecule has 1 aromatic carbocycles. The van der Waals surface area contributed by atoms with Gasteiger partial charge in [-0.1, -0.05) is 19.9 Å². The van der Waals surface area contributed by atoms with Gasteiger partial charge >= 0.3 is 6.18 Å². The van der Waals surface area contributed by atoms with Crippen molar-refractivity contribution < 1.29 is 18.0 Å². The van der Waals surface area contributed by atoms with Crippen molar-refractivity contribution in [3.8, 4) is 11.3 Å². The number of nitrogens with zero attached hydrogens (tertiary/aromatic N) is 2. The van der Waals surface area contributed by atoms with Crippen molar-refractivity contribution in [2.75, 3.05) is 19.6 Å². The fourth-order valence-electron chi connectivity index (χ4n) is 5.29. The lowest BCUT2D eigenvalue weighted by atomic mass is 9.87. The molecule has 0 spiro atoms. The second-order valence-electron chi connectivity index (χ2n) is 10.4.